The highest BCUT2D eigenvalue weighted by Gasteiger charge is 2.21. The number of hydrogen-bond donors (Lipinski definition) is 0. The summed E-state index contributed by atoms with van der Waals surface area (Å²) < 4.78 is 4.50. The molecule has 6 heteroatoms. The summed E-state index contributed by atoms with van der Waals surface area (Å²) in [6.45, 7) is 0. The van der Waals surface area contributed by atoms with Crippen LogP contribution < -0.4 is 0 Å². The van der Waals surface area contributed by atoms with Crippen LogP contribution in [0.4, 0.5) is 0 Å². The van der Waals surface area contributed by atoms with Crippen molar-refractivity contribution in [3.63, 3.8) is 0 Å². The molecule has 0 radical (unpaired) electrons. The zero-order valence-corrected chi connectivity index (χ0v) is 20.9. The van der Waals surface area contributed by atoms with E-state index in [1.165, 1.54) is 10.1 Å². The van der Waals surface area contributed by atoms with Gasteiger partial charge in [0.05, 0.1) is 10.2 Å². The molecule has 4 aromatic carbocycles. The maximum atomic E-state index is 5.06. The molecule has 4 aromatic heterocycles. The van der Waals surface area contributed by atoms with Gasteiger partial charge in [0, 0.05) is 38.4 Å². The molecule has 5 nitrogen and oxygen atoms in total. The highest BCUT2D eigenvalue weighted by molar-refractivity contribution is 7.26. The molecule has 0 atom stereocenters. The second-order valence-corrected chi connectivity index (χ2v) is 10.2. The van der Waals surface area contributed by atoms with E-state index in [1.54, 1.807) is 11.3 Å². The number of pyridine rings is 1. The summed E-state index contributed by atoms with van der Waals surface area (Å²) in [5.41, 5.74) is 5.84. The second-order valence-electron chi connectivity index (χ2n) is 9.17. The molecule has 0 aliphatic rings. The zero-order valence-electron chi connectivity index (χ0n) is 20.1. The van der Waals surface area contributed by atoms with Crippen molar-refractivity contribution in [2.24, 2.45) is 0 Å². The van der Waals surface area contributed by atoms with Crippen molar-refractivity contribution < 1.29 is 0 Å². The van der Waals surface area contributed by atoms with Gasteiger partial charge in [-0.2, -0.15) is 0 Å². The first-order chi connectivity index (χ1) is 18.8. The number of aromatic nitrogens is 5. The van der Waals surface area contributed by atoms with Crippen molar-refractivity contribution in [2.45, 2.75) is 0 Å². The van der Waals surface area contributed by atoms with Crippen molar-refractivity contribution in [2.75, 3.05) is 0 Å². The van der Waals surface area contributed by atoms with E-state index in [0.717, 1.165) is 43.5 Å². The number of imidazole rings is 1. The fourth-order valence-electron chi connectivity index (χ4n) is 5.11. The van der Waals surface area contributed by atoms with Crippen molar-refractivity contribution in [1.82, 2.24) is 24.3 Å². The molecule has 0 unspecified atom stereocenters. The molecule has 0 spiro atoms. The zero-order chi connectivity index (χ0) is 25.1. The Kier molecular flexibility index (Phi) is 4.62. The van der Waals surface area contributed by atoms with Crippen LogP contribution in [0.3, 0.4) is 0 Å². The molecule has 0 N–H and O–H groups in total. The van der Waals surface area contributed by atoms with E-state index in [0.29, 0.717) is 17.5 Å². The molecule has 4 heterocycles. The Morgan fingerprint density at radius 3 is 1.95 bits per heavy atom. The summed E-state index contributed by atoms with van der Waals surface area (Å²) in [6.07, 6.45) is 2.06. The van der Waals surface area contributed by atoms with Gasteiger partial charge in [0.15, 0.2) is 17.5 Å². The first-order valence-electron chi connectivity index (χ1n) is 12.4. The summed E-state index contributed by atoms with van der Waals surface area (Å²) in [7, 11) is 0. The number of benzene rings is 4. The van der Waals surface area contributed by atoms with Gasteiger partial charge in [-0.15, -0.1) is 11.3 Å². The fraction of sp³-hybridized carbons (Fsp3) is 0. The average Bonchev–Trinajstić information content (AvgIpc) is 3.56. The molecule has 0 fully saturated rings. The van der Waals surface area contributed by atoms with Crippen LogP contribution in [0.1, 0.15) is 0 Å². The van der Waals surface area contributed by atoms with Crippen molar-refractivity contribution in [3.8, 4) is 34.2 Å². The van der Waals surface area contributed by atoms with Gasteiger partial charge in [-0.3, -0.25) is 4.40 Å². The van der Waals surface area contributed by atoms with E-state index in [1.807, 2.05) is 78.9 Å². The lowest BCUT2D eigenvalue weighted by Crippen LogP contribution is -2.00. The van der Waals surface area contributed by atoms with Crippen molar-refractivity contribution >= 4 is 48.2 Å². The Balaban J connectivity index is 1.52. The number of thiophene rings is 1. The van der Waals surface area contributed by atoms with Crippen LogP contribution in [-0.4, -0.2) is 24.3 Å². The first-order valence-corrected chi connectivity index (χ1v) is 13.2. The van der Waals surface area contributed by atoms with Crippen LogP contribution in [0.15, 0.2) is 115 Å². The molecule has 0 amide bonds. The summed E-state index contributed by atoms with van der Waals surface area (Å²) in [4.78, 5) is 20.0. The predicted octanol–water partition coefficient (Wildman–Crippen LogP) is 8.04. The standard InChI is InChI=1S/C32H19N5S/c1-3-11-20(12-4-1)30-34-31(21-13-5-2-6-14-21)36-32(35-30)23-19-24-28(33-26-17-9-10-18-37(24)26)29-27(23)22-15-7-8-16-25(22)38-29/h1-19H. The minimum Gasteiger partial charge on any atom is -0.300 e. The molecule has 0 saturated heterocycles. The van der Waals surface area contributed by atoms with Gasteiger partial charge in [-0.05, 0) is 24.3 Å². The van der Waals surface area contributed by atoms with Crippen LogP contribution in [0.25, 0.3) is 71.0 Å². The molecule has 0 bridgehead atoms. The Labute approximate surface area is 221 Å². The maximum absolute atomic E-state index is 5.06. The van der Waals surface area contributed by atoms with Crippen LogP contribution >= 0.6 is 11.3 Å². The minimum atomic E-state index is 0.652. The quantitative estimate of drug-likeness (QED) is 0.244. The summed E-state index contributed by atoms with van der Waals surface area (Å²) in [6, 6.07) is 37.0. The molecule has 0 saturated carbocycles. The lowest BCUT2D eigenvalue weighted by atomic mass is 10.0. The Bertz CT molecular complexity index is 2070. The highest BCUT2D eigenvalue weighted by Crippen LogP contribution is 2.43. The van der Waals surface area contributed by atoms with Gasteiger partial charge in [-0.25, -0.2) is 19.9 Å². The second kappa shape index (κ2) is 8.30. The summed E-state index contributed by atoms with van der Waals surface area (Å²) >= 11 is 1.77. The third-order valence-electron chi connectivity index (χ3n) is 6.87. The number of rotatable bonds is 3. The molecule has 8 aromatic rings. The Morgan fingerprint density at radius 1 is 0.579 bits per heavy atom. The topological polar surface area (TPSA) is 56.0 Å². The van der Waals surface area contributed by atoms with E-state index >= 15 is 0 Å². The molecular formula is C32H19N5S. The normalized spacial score (nSPS) is 11.7. The Morgan fingerprint density at radius 2 is 1.21 bits per heavy atom. The SMILES string of the molecule is c1ccc(-c2nc(-c3ccccc3)nc(-c3cc4c(nc5ccccn54)c4sc5ccccc5c34)n2)cc1. The third kappa shape index (κ3) is 3.24. The molecule has 38 heavy (non-hydrogen) atoms. The van der Waals surface area contributed by atoms with Gasteiger partial charge < -0.3 is 0 Å². The van der Waals surface area contributed by atoms with E-state index < -0.39 is 0 Å². The fourth-order valence-corrected chi connectivity index (χ4v) is 6.33. The predicted molar refractivity (Wildman–Crippen MR) is 155 cm³/mol. The lowest BCUT2D eigenvalue weighted by Gasteiger charge is -2.10. The van der Waals surface area contributed by atoms with Crippen molar-refractivity contribution in [3.05, 3.63) is 115 Å². The smallest absolute Gasteiger partial charge is 0.164 e. The van der Waals surface area contributed by atoms with E-state index in [2.05, 4.69) is 40.9 Å². The van der Waals surface area contributed by atoms with E-state index in [9.17, 15) is 0 Å². The molecule has 8 rings (SSSR count). The maximum Gasteiger partial charge on any atom is 0.164 e. The molecule has 0 aliphatic carbocycles. The van der Waals surface area contributed by atoms with Gasteiger partial charge in [0.1, 0.15) is 11.2 Å². The van der Waals surface area contributed by atoms with Gasteiger partial charge in [0.2, 0.25) is 0 Å². The first kappa shape index (κ1) is 21.2. The largest absolute Gasteiger partial charge is 0.300 e. The van der Waals surface area contributed by atoms with E-state index in [4.69, 9.17) is 19.9 Å². The van der Waals surface area contributed by atoms with Crippen LogP contribution in [-0.2, 0) is 0 Å². The van der Waals surface area contributed by atoms with Crippen LogP contribution in [0.2, 0.25) is 0 Å². The molecular weight excluding hydrogens is 486 g/mol. The van der Waals surface area contributed by atoms with Gasteiger partial charge in [0.25, 0.3) is 0 Å². The van der Waals surface area contributed by atoms with Crippen LogP contribution in [0.5, 0.6) is 0 Å². The molecule has 178 valence electrons. The third-order valence-corrected chi connectivity index (χ3v) is 8.05. The monoisotopic (exact) mass is 505 g/mol. The minimum absolute atomic E-state index is 0.652. The average molecular weight is 506 g/mol. The van der Waals surface area contributed by atoms with E-state index in [-0.39, 0.29) is 0 Å². The number of nitrogens with zero attached hydrogens (tertiary/aromatic N) is 5. The van der Waals surface area contributed by atoms with Gasteiger partial charge in [-0.1, -0.05) is 84.9 Å². The highest BCUT2D eigenvalue weighted by atomic mass is 32.1. The molecule has 0 aliphatic heterocycles. The summed E-state index contributed by atoms with van der Waals surface area (Å²) in [5.74, 6) is 1.96. The lowest BCUT2D eigenvalue weighted by molar-refractivity contribution is 1.08. The number of hydrogen-bond acceptors (Lipinski definition) is 5. The Hall–Kier alpha value is -4.94. The van der Waals surface area contributed by atoms with Crippen LogP contribution in [0, 0.1) is 0 Å². The van der Waals surface area contributed by atoms with Crippen molar-refractivity contribution in [1.29, 1.82) is 0 Å². The van der Waals surface area contributed by atoms with Gasteiger partial charge >= 0.3 is 0 Å². The number of fused-ring (bicyclic) bond motifs is 7. The summed E-state index contributed by atoms with van der Waals surface area (Å²) in [5, 5.41) is 2.31.